The molecule has 0 fully saturated rings. The Labute approximate surface area is 255 Å². The largest absolute Gasteiger partial charge is 0.465 e. The molecule has 5 aromatic rings. The lowest BCUT2D eigenvalue weighted by Crippen LogP contribution is -2.25. The number of aromatic nitrogens is 7. The number of carbonyl (C=O) groups is 1. The van der Waals surface area contributed by atoms with Crippen LogP contribution in [0.4, 0.5) is 10.5 Å². The van der Waals surface area contributed by atoms with E-state index in [1.54, 1.807) is 41.2 Å². The van der Waals surface area contributed by atoms with Crippen LogP contribution in [0.2, 0.25) is 5.02 Å². The van der Waals surface area contributed by atoms with Gasteiger partial charge in [-0.3, -0.25) is 10.3 Å². The summed E-state index contributed by atoms with van der Waals surface area (Å²) in [6.07, 6.45) is 2.85. The van der Waals surface area contributed by atoms with Gasteiger partial charge < -0.3 is 28.8 Å². The zero-order valence-corrected chi connectivity index (χ0v) is 24.5. The van der Waals surface area contributed by atoms with E-state index in [9.17, 15) is 9.90 Å². The molecule has 0 saturated heterocycles. The molecule has 3 aromatic heterocycles. The minimum Gasteiger partial charge on any atom is -0.465 e. The van der Waals surface area contributed by atoms with Gasteiger partial charge in [-0.15, -0.1) is 15.3 Å². The number of nitrogens with zero attached hydrogens (tertiary/aromatic N) is 7. The molecule has 0 radical (unpaired) electrons. The number of rotatable bonds is 8. The molecule has 44 heavy (non-hydrogen) atoms. The van der Waals surface area contributed by atoms with Crippen LogP contribution in [0.15, 0.2) is 65.5 Å². The average molecular weight is 623 g/mol. The van der Waals surface area contributed by atoms with E-state index in [0.717, 1.165) is 22.4 Å². The number of anilines is 1. The number of aryl methyl sites for hydroxylation is 1. The normalized spacial score (nSPS) is 15.5. The molecule has 16 heteroatoms. The van der Waals surface area contributed by atoms with Gasteiger partial charge in [0.1, 0.15) is 6.33 Å². The number of ether oxygens (including phenoxy) is 3. The van der Waals surface area contributed by atoms with E-state index < -0.39 is 18.2 Å². The number of halogens is 1. The van der Waals surface area contributed by atoms with Crippen LogP contribution in [-0.4, -0.2) is 79.5 Å². The van der Waals surface area contributed by atoms with E-state index in [1.807, 2.05) is 18.2 Å². The summed E-state index contributed by atoms with van der Waals surface area (Å²) < 4.78 is 21.2. The first-order valence-corrected chi connectivity index (χ1v) is 13.4. The SMILES string of the molecule is COC(OC)OC.O=C(O)Nc1ccc(-c2nnc(C3(O)CCc4cc(-c5cc(Cl)ccc5-n5cnnn5)cnc43)o2)cc1. The monoisotopic (exact) mass is 622 g/mol. The topological polar surface area (TPSA) is 193 Å². The summed E-state index contributed by atoms with van der Waals surface area (Å²) in [5.74, 6) is 0.228. The van der Waals surface area contributed by atoms with Crippen molar-refractivity contribution in [1.82, 2.24) is 35.4 Å². The smallest absolute Gasteiger partial charge is 0.409 e. The summed E-state index contributed by atoms with van der Waals surface area (Å²) in [7, 11) is 4.53. The van der Waals surface area contributed by atoms with Crippen LogP contribution in [0.3, 0.4) is 0 Å². The van der Waals surface area contributed by atoms with Crippen LogP contribution in [0.25, 0.3) is 28.3 Å². The van der Waals surface area contributed by atoms with E-state index in [4.69, 9.17) is 21.1 Å². The molecule has 1 unspecified atom stereocenters. The molecule has 0 spiro atoms. The molecule has 1 aliphatic carbocycles. The number of tetrazole rings is 1. The van der Waals surface area contributed by atoms with E-state index in [-0.39, 0.29) is 11.8 Å². The molecule has 0 aliphatic heterocycles. The summed E-state index contributed by atoms with van der Waals surface area (Å²) in [6, 6.07) is 13.8. The molecule has 1 amide bonds. The Kier molecular flexibility index (Phi) is 9.22. The highest BCUT2D eigenvalue weighted by atomic mass is 35.5. The Hall–Kier alpha value is -4.80. The number of fused-ring (bicyclic) bond motifs is 1. The highest BCUT2D eigenvalue weighted by Gasteiger charge is 2.45. The van der Waals surface area contributed by atoms with E-state index in [2.05, 4.69) is 50.2 Å². The third-order valence-corrected chi connectivity index (χ3v) is 6.95. The van der Waals surface area contributed by atoms with E-state index in [1.165, 1.54) is 27.7 Å². The van der Waals surface area contributed by atoms with Crippen molar-refractivity contribution in [2.45, 2.75) is 24.9 Å². The maximum Gasteiger partial charge on any atom is 0.409 e. The van der Waals surface area contributed by atoms with Crippen LogP contribution < -0.4 is 5.32 Å². The first kappa shape index (κ1) is 30.7. The maximum atomic E-state index is 11.5. The number of methoxy groups -OCH3 is 3. The first-order chi connectivity index (χ1) is 21.2. The number of carboxylic acid groups (broad SMARTS) is 1. The molecular weight excluding hydrogens is 596 g/mol. The van der Waals surface area contributed by atoms with Crippen molar-refractivity contribution >= 4 is 23.4 Å². The Morgan fingerprint density at radius 1 is 1.07 bits per heavy atom. The van der Waals surface area contributed by atoms with E-state index >= 15 is 0 Å². The van der Waals surface area contributed by atoms with Gasteiger partial charge in [0.2, 0.25) is 5.89 Å². The molecule has 3 heterocycles. The maximum absolute atomic E-state index is 11.5. The number of aliphatic hydroxyl groups is 1. The fraction of sp³-hybridized carbons (Fsp3) is 0.250. The van der Waals surface area contributed by atoms with Gasteiger partial charge in [0.05, 0.1) is 11.4 Å². The highest BCUT2D eigenvalue weighted by molar-refractivity contribution is 6.31. The fourth-order valence-electron chi connectivity index (χ4n) is 4.69. The minimum atomic E-state index is -1.54. The molecule has 0 saturated carbocycles. The Morgan fingerprint density at radius 3 is 2.45 bits per heavy atom. The summed E-state index contributed by atoms with van der Waals surface area (Å²) in [5, 5.41) is 42.8. The van der Waals surface area contributed by atoms with Gasteiger partial charge in [0, 0.05) is 54.9 Å². The van der Waals surface area contributed by atoms with Crippen molar-refractivity contribution in [2.24, 2.45) is 0 Å². The second-order valence-electron chi connectivity index (χ2n) is 9.42. The standard InChI is InChI=1S/C24H17ClN8O4.C4H10O3/c25-16-3-6-19(33-12-27-31-32-33)18(10-16)15-9-14-7-8-24(36,20(14)26-11-15)22-30-29-21(37-22)13-1-4-17(5-2-13)28-23(34)35;1-5-4(6-2)7-3/h1-6,9-12,28,36H,7-8H2,(H,34,35);4H,1-3H3. The second-order valence-corrected chi connectivity index (χ2v) is 9.86. The van der Waals surface area contributed by atoms with Gasteiger partial charge in [-0.25, -0.2) is 4.79 Å². The number of pyridine rings is 1. The van der Waals surface area contributed by atoms with Gasteiger partial charge in [-0.05, 0) is 77.4 Å². The third-order valence-electron chi connectivity index (χ3n) is 6.72. The molecular formula is C28H27ClN8O7. The van der Waals surface area contributed by atoms with Crippen molar-refractivity contribution in [3.8, 4) is 28.3 Å². The number of benzene rings is 2. The zero-order chi connectivity index (χ0) is 31.3. The average Bonchev–Trinajstić information content (AvgIpc) is 3.80. The number of hydrogen-bond donors (Lipinski definition) is 3. The van der Waals surface area contributed by atoms with Gasteiger partial charge >= 0.3 is 6.09 Å². The lowest BCUT2D eigenvalue weighted by Gasteiger charge is -2.18. The molecule has 1 aliphatic rings. The van der Waals surface area contributed by atoms with Gasteiger partial charge in [0.15, 0.2) is 5.60 Å². The van der Waals surface area contributed by atoms with Crippen LogP contribution in [0.5, 0.6) is 0 Å². The number of hydrogen-bond acceptors (Lipinski definition) is 12. The van der Waals surface area contributed by atoms with Crippen molar-refractivity contribution in [3.63, 3.8) is 0 Å². The second kappa shape index (κ2) is 13.2. The van der Waals surface area contributed by atoms with Gasteiger partial charge in [-0.2, -0.15) is 4.68 Å². The Bertz CT molecular complexity index is 1720. The van der Waals surface area contributed by atoms with Crippen LogP contribution >= 0.6 is 11.6 Å². The highest BCUT2D eigenvalue weighted by Crippen LogP contribution is 2.42. The number of nitrogens with one attached hydrogen (secondary N) is 1. The van der Waals surface area contributed by atoms with Crippen molar-refractivity contribution in [3.05, 3.63) is 83.2 Å². The molecule has 228 valence electrons. The molecule has 2 aromatic carbocycles. The Balaban J connectivity index is 0.000000493. The predicted molar refractivity (Wildman–Crippen MR) is 155 cm³/mol. The summed E-state index contributed by atoms with van der Waals surface area (Å²) in [5.41, 5.74) is 3.03. The quantitative estimate of drug-likeness (QED) is 0.211. The molecule has 0 bridgehead atoms. The summed E-state index contributed by atoms with van der Waals surface area (Å²) in [4.78, 5) is 15.4. The lowest BCUT2D eigenvalue weighted by atomic mass is 9.99. The molecule has 3 N–H and O–H groups in total. The molecule has 6 rings (SSSR count). The fourth-order valence-corrected chi connectivity index (χ4v) is 4.86. The van der Waals surface area contributed by atoms with E-state index in [0.29, 0.717) is 34.8 Å². The van der Waals surface area contributed by atoms with Crippen molar-refractivity contribution in [2.75, 3.05) is 26.6 Å². The van der Waals surface area contributed by atoms with Gasteiger partial charge in [-0.1, -0.05) is 11.6 Å². The van der Waals surface area contributed by atoms with Gasteiger partial charge in [0.25, 0.3) is 12.4 Å². The van der Waals surface area contributed by atoms with Crippen LogP contribution in [0, 0.1) is 0 Å². The summed E-state index contributed by atoms with van der Waals surface area (Å²) >= 11 is 6.28. The minimum absolute atomic E-state index is 0.0337. The van der Waals surface area contributed by atoms with Crippen LogP contribution in [0.1, 0.15) is 23.6 Å². The summed E-state index contributed by atoms with van der Waals surface area (Å²) in [6.45, 7) is -0.514. The van der Waals surface area contributed by atoms with Crippen molar-refractivity contribution < 1.29 is 33.6 Å². The first-order valence-electron chi connectivity index (χ1n) is 13.0. The van der Waals surface area contributed by atoms with Crippen LogP contribution in [-0.2, 0) is 26.2 Å². The van der Waals surface area contributed by atoms with Crippen molar-refractivity contribution in [1.29, 1.82) is 0 Å². The predicted octanol–water partition coefficient (Wildman–Crippen LogP) is 3.91. The third kappa shape index (κ3) is 6.41. The lowest BCUT2D eigenvalue weighted by molar-refractivity contribution is -0.252. The Morgan fingerprint density at radius 2 is 1.82 bits per heavy atom. The molecule has 15 nitrogen and oxygen atoms in total. The molecule has 1 atom stereocenters. The number of amides is 1. The zero-order valence-electron chi connectivity index (χ0n) is 23.7.